The summed E-state index contributed by atoms with van der Waals surface area (Å²) in [6.45, 7) is 4.08. The molecule has 7 rings (SSSR count). The number of nitrogens with zero attached hydrogens (tertiary/aromatic N) is 3. The smallest absolute Gasteiger partial charge is 0.310 e. The number of cyclic esters (lactones) is 1. The summed E-state index contributed by atoms with van der Waals surface area (Å²) in [5.41, 5.74) is 2.45. The number of rotatable bonds is 13. The SMILES string of the molecule is COc1cc([C@H]2c3cc4c(cc3[C@H](OCc3cn([C@@H]5O[C@H](COC(C)=O)[C@H](OC(C)=O)[C@H](OC(C)=O)[C@H]5OC(C)=O)nn3)[C@@H]3COC(=O)[C@@H]23)OCO4)cc(OC)c1OC. The minimum Gasteiger partial charge on any atom is -0.493 e. The van der Waals surface area contributed by atoms with E-state index in [1.165, 1.54) is 39.1 Å². The topological polar surface area (TPSA) is 227 Å². The molecule has 0 unspecified atom stereocenters. The van der Waals surface area contributed by atoms with Crippen molar-refractivity contribution >= 4 is 29.8 Å². The molecular weight excluding hydrogens is 782 g/mol. The van der Waals surface area contributed by atoms with Gasteiger partial charge in [-0.25, -0.2) is 4.68 Å². The van der Waals surface area contributed by atoms with Crippen LogP contribution in [0, 0.1) is 11.8 Å². The fourth-order valence-corrected chi connectivity index (χ4v) is 8.10. The molecule has 2 saturated heterocycles. The summed E-state index contributed by atoms with van der Waals surface area (Å²) in [6, 6.07) is 7.28. The van der Waals surface area contributed by atoms with Crippen LogP contribution in [0.1, 0.15) is 68.3 Å². The maximum Gasteiger partial charge on any atom is 0.310 e. The van der Waals surface area contributed by atoms with Gasteiger partial charge in [0, 0.05) is 39.5 Å². The second-order valence-electron chi connectivity index (χ2n) is 14.1. The first-order valence-electron chi connectivity index (χ1n) is 18.5. The zero-order valence-electron chi connectivity index (χ0n) is 33.2. The van der Waals surface area contributed by atoms with Gasteiger partial charge < -0.3 is 56.8 Å². The number of ether oxygens (including phenoxy) is 12. The molecule has 1 aliphatic carbocycles. The molecule has 316 valence electrons. The summed E-state index contributed by atoms with van der Waals surface area (Å²) < 4.78 is 70.0. The average molecular weight is 826 g/mol. The molecule has 4 aliphatic rings. The first kappa shape index (κ1) is 41.0. The van der Waals surface area contributed by atoms with Crippen LogP contribution in [0.2, 0.25) is 0 Å². The maximum atomic E-state index is 13.7. The number of benzene rings is 2. The zero-order valence-corrected chi connectivity index (χ0v) is 33.2. The van der Waals surface area contributed by atoms with Crippen molar-refractivity contribution in [2.24, 2.45) is 11.8 Å². The molecule has 0 saturated carbocycles. The highest BCUT2D eigenvalue weighted by Gasteiger charge is 2.55. The van der Waals surface area contributed by atoms with Crippen LogP contribution in [0.5, 0.6) is 28.7 Å². The molecule has 3 aliphatic heterocycles. The highest BCUT2D eigenvalue weighted by Crippen LogP contribution is 2.56. The molecule has 1 aromatic heterocycles. The third-order valence-electron chi connectivity index (χ3n) is 10.4. The number of methoxy groups -OCH3 is 3. The van der Waals surface area contributed by atoms with Gasteiger partial charge in [0.05, 0.1) is 52.8 Å². The van der Waals surface area contributed by atoms with Crippen LogP contribution >= 0.6 is 0 Å². The lowest BCUT2D eigenvalue weighted by Crippen LogP contribution is -2.60. The Labute approximate surface area is 337 Å². The molecule has 3 aromatic rings. The van der Waals surface area contributed by atoms with Gasteiger partial charge in [-0.05, 0) is 41.0 Å². The minimum absolute atomic E-state index is 0.00977. The van der Waals surface area contributed by atoms with Gasteiger partial charge in [-0.1, -0.05) is 5.21 Å². The third kappa shape index (κ3) is 8.14. The molecule has 20 heteroatoms. The van der Waals surface area contributed by atoms with Crippen molar-refractivity contribution in [3.05, 3.63) is 52.8 Å². The number of carbonyl (C=O) groups excluding carboxylic acids is 5. The molecular formula is C39H43N3O17. The number of fused-ring (bicyclic) bond motifs is 3. The lowest BCUT2D eigenvalue weighted by atomic mass is 9.66. The number of aromatic nitrogens is 3. The van der Waals surface area contributed by atoms with Crippen LogP contribution in [0.4, 0.5) is 0 Å². The van der Waals surface area contributed by atoms with Crippen LogP contribution in [0.15, 0.2) is 30.5 Å². The highest BCUT2D eigenvalue weighted by atomic mass is 16.7. The van der Waals surface area contributed by atoms with E-state index in [0.717, 1.165) is 31.9 Å². The highest BCUT2D eigenvalue weighted by molar-refractivity contribution is 5.79. The molecule has 0 N–H and O–H groups in total. The second kappa shape index (κ2) is 17.0. The molecule has 0 bridgehead atoms. The number of carbonyl (C=O) groups is 5. The molecule has 2 aromatic carbocycles. The summed E-state index contributed by atoms with van der Waals surface area (Å²) in [5, 5.41) is 8.50. The van der Waals surface area contributed by atoms with Crippen LogP contribution in [-0.4, -0.2) is 111 Å². The van der Waals surface area contributed by atoms with E-state index in [2.05, 4.69) is 10.3 Å². The Hall–Kier alpha value is -6.15. The molecule has 2 fully saturated rings. The summed E-state index contributed by atoms with van der Waals surface area (Å²) >= 11 is 0. The number of hydrogen-bond donors (Lipinski definition) is 0. The maximum absolute atomic E-state index is 13.7. The van der Waals surface area contributed by atoms with Crippen LogP contribution in [0.25, 0.3) is 0 Å². The van der Waals surface area contributed by atoms with Gasteiger partial charge in [0.15, 0.2) is 47.5 Å². The van der Waals surface area contributed by atoms with E-state index in [9.17, 15) is 24.0 Å². The van der Waals surface area contributed by atoms with E-state index in [0.29, 0.717) is 34.3 Å². The monoisotopic (exact) mass is 825 g/mol. The van der Waals surface area contributed by atoms with Gasteiger partial charge in [-0.2, -0.15) is 0 Å². The molecule has 0 radical (unpaired) electrons. The van der Waals surface area contributed by atoms with Crippen molar-refractivity contribution in [1.29, 1.82) is 0 Å². The Morgan fingerprint density at radius 1 is 0.780 bits per heavy atom. The fourth-order valence-electron chi connectivity index (χ4n) is 8.10. The van der Waals surface area contributed by atoms with Crippen molar-refractivity contribution < 1.29 is 80.8 Å². The normalized spacial score (nSPS) is 26.4. The van der Waals surface area contributed by atoms with Crippen LogP contribution < -0.4 is 23.7 Å². The van der Waals surface area contributed by atoms with E-state index < -0.39 is 91.0 Å². The van der Waals surface area contributed by atoms with Gasteiger partial charge >= 0.3 is 29.8 Å². The van der Waals surface area contributed by atoms with Crippen LogP contribution in [0.3, 0.4) is 0 Å². The number of hydrogen-bond acceptors (Lipinski definition) is 19. The summed E-state index contributed by atoms with van der Waals surface area (Å²) in [5.74, 6) is -2.90. The quantitative estimate of drug-likeness (QED) is 0.178. The predicted octanol–water partition coefficient (Wildman–Crippen LogP) is 2.48. The Balaban J connectivity index is 1.22. The van der Waals surface area contributed by atoms with E-state index >= 15 is 0 Å². The fraction of sp³-hybridized carbons (Fsp3) is 0.513. The molecule has 0 amide bonds. The van der Waals surface area contributed by atoms with Gasteiger partial charge in [0.1, 0.15) is 18.4 Å². The first-order chi connectivity index (χ1) is 28.3. The third-order valence-corrected chi connectivity index (χ3v) is 10.4. The molecule has 20 nitrogen and oxygen atoms in total. The minimum atomic E-state index is -1.41. The largest absolute Gasteiger partial charge is 0.493 e. The first-order valence-corrected chi connectivity index (χ1v) is 18.5. The Kier molecular flexibility index (Phi) is 11.8. The van der Waals surface area contributed by atoms with Gasteiger partial charge in [0.25, 0.3) is 0 Å². The summed E-state index contributed by atoms with van der Waals surface area (Å²) in [6.07, 6.45) is -5.94. The van der Waals surface area contributed by atoms with Crippen molar-refractivity contribution in [2.75, 3.05) is 41.3 Å². The summed E-state index contributed by atoms with van der Waals surface area (Å²) in [7, 11) is 4.53. The van der Waals surface area contributed by atoms with Gasteiger partial charge in [-0.3, -0.25) is 24.0 Å². The lowest BCUT2D eigenvalue weighted by Gasteiger charge is -2.44. The summed E-state index contributed by atoms with van der Waals surface area (Å²) in [4.78, 5) is 62.3. The van der Waals surface area contributed by atoms with E-state index in [-0.39, 0.29) is 25.7 Å². The van der Waals surface area contributed by atoms with Crippen molar-refractivity contribution in [1.82, 2.24) is 15.0 Å². The van der Waals surface area contributed by atoms with E-state index in [1.807, 2.05) is 12.1 Å². The molecule has 0 spiro atoms. The Morgan fingerprint density at radius 3 is 2.02 bits per heavy atom. The van der Waals surface area contributed by atoms with Crippen molar-refractivity contribution in [3.63, 3.8) is 0 Å². The van der Waals surface area contributed by atoms with Crippen molar-refractivity contribution in [2.45, 2.75) is 77.0 Å². The van der Waals surface area contributed by atoms with Crippen molar-refractivity contribution in [3.8, 4) is 28.7 Å². The lowest BCUT2D eigenvalue weighted by molar-refractivity contribution is -0.270. The van der Waals surface area contributed by atoms with Crippen LogP contribution in [-0.2, 0) is 63.7 Å². The Bertz CT molecular complexity index is 2100. The number of esters is 5. The predicted molar refractivity (Wildman–Crippen MR) is 193 cm³/mol. The van der Waals surface area contributed by atoms with E-state index in [4.69, 9.17) is 56.8 Å². The standard InChI is InChI=1S/C39H43N3O17/c1-17(43)51-15-30-35(56-18(2)44)36(57-19(3)45)37(58-20(4)46)38(59-30)42-12-22(40-41-42)13-52-33-24-11-27-26(54-16-55-27)10-23(24)31(32-25(33)14-53-39(32)47)21-8-28(48-5)34(50-7)29(9-21)49-6/h8-12,25,30-33,35-38H,13-16H2,1-7H3/t25-,30-,31+,32-,33+,35+,36+,37-,38-/m1/s1. The second-order valence-corrected chi connectivity index (χ2v) is 14.1. The van der Waals surface area contributed by atoms with Gasteiger partial charge in [0.2, 0.25) is 12.5 Å². The Morgan fingerprint density at radius 2 is 1.41 bits per heavy atom. The van der Waals surface area contributed by atoms with Gasteiger partial charge in [-0.15, -0.1) is 5.10 Å². The molecule has 9 atom stereocenters. The average Bonchev–Trinajstić information content (AvgIpc) is 3.96. The van der Waals surface area contributed by atoms with E-state index in [1.54, 1.807) is 12.1 Å². The zero-order chi connectivity index (χ0) is 42.1. The molecule has 59 heavy (non-hydrogen) atoms. The molecule has 4 heterocycles.